The maximum atomic E-state index is 5.64. The fourth-order valence-corrected chi connectivity index (χ4v) is 3.02. The van der Waals surface area contributed by atoms with E-state index in [1.807, 2.05) is 24.3 Å². The zero-order valence-corrected chi connectivity index (χ0v) is 16.3. The number of methoxy groups -OCH3 is 2. The van der Waals surface area contributed by atoms with Crippen molar-refractivity contribution >= 4 is 15.9 Å². The SMILES string of the molecule is C=CCOc1c(Br)cc(CNCCc2ccc(OC)cc2)cc1OC. The molecule has 0 aliphatic carbocycles. The number of benzene rings is 2. The fourth-order valence-electron chi connectivity index (χ4n) is 2.42. The van der Waals surface area contributed by atoms with Gasteiger partial charge in [-0.2, -0.15) is 0 Å². The predicted octanol–water partition coefficient (Wildman–Crippen LogP) is 4.36. The summed E-state index contributed by atoms with van der Waals surface area (Å²) >= 11 is 3.55. The van der Waals surface area contributed by atoms with Crippen molar-refractivity contribution in [3.05, 3.63) is 64.7 Å². The minimum Gasteiger partial charge on any atom is -0.497 e. The molecule has 0 saturated carbocycles. The second-order valence-corrected chi connectivity index (χ2v) is 6.34. The van der Waals surface area contributed by atoms with Gasteiger partial charge in [-0.25, -0.2) is 0 Å². The molecular weight excluding hydrogens is 382 g/mol. The Bertz CT molecular complexity index is 686. The molecule has 0 amide bonds. The Hall–Kier alpha value is -1.98. The molecule has 0 radical (unpaired) electrons. The molecule has 0 aliphatic rings. The molecule has 0 saturated heterocycles. The van der Waals surface area contributed by atoms with Crippen molar-refractivity contribution in [3.8, 4) is 17.2 Å². The summed E-state index contributed by atoms with van der Waals surface area (Å²) in [6.45, 7) is 5.75. The first-order valence-electron chi connectivity index (χ1n) is 8.11. The first-order valence-corrected chi connectivity index (χ1v) is 8.91. The van der Waals surface area contributed by atoms with Crippen molar-refractivity contribution in [2.24, 2.45) is 0 Å². The number of halogens is 1. The Balaban J connectivity index is 1.89. The summed E-state index contributed by atoms with van der Waals surface area (Å²) in [5, 5.41) is 3.46. The maximum absolute atomic E-state index is 5.64. The molecule has 2 rings (SSSR count). The number of hydrogen-bond acceptors (Lipinski definition) is 4. The molecule has 0 atom stereocenters. The van der Waals surface area contributed by atoms with Crippen molar-refractivity contribution in [2.45, 2.75) is 13.0 Å². The highest BCUT2D eigenvalue weighted by atomic mass is 79.9. The smallest absolute Gasteiger partial charge is 0.175 e. The van der Waals surface area contributed by atoms with E-state index in [9.17, 15) is 0 Å². The molecule has 1 N–H and O–H groups in total. The van der Waals surface area contributed by atoms with Crippen molar-refractivity contribution in [1.29, 1.82) is 0 Å². The lowest BCUT2D eigenvalue weighted by atomic mass is 10.1. The second kappa shape index (κ2) is 10.1. The summed E-state index contributed by atoms with van der Waals surface area (Å²) in [6, 6.07) is 12.2. The molecule has 0 aromatic heterocycles. The zero-order valence-electron chi connectivity index (χ0n) is 14.7. The highest BCUT2D eigenvalue weighted by molar-refractivity contribution is 9.10. The molecule has 134 valence electrons. The molecule has 5 heteroatoms. The average molecular weight is 406 g/mol. The molecule has 0 bridgehead atoms. The van der Waals surface area contributed by atoms with Gasteiger partial charge in [-0.3, -0.25) is 0 Å². The van der Waals surface area contributed by atoms with Crippen LogP contribution in [0.15, 0.2) is 53.5 Å². The Kier molecular flexibility index (Phi) is 7.82. The van der Waals surface area contributed by atoms with Crippen LogP contribution in [0, 0.1) is 0 Å². The molecule has 0 aliphatic heterocycles. The van der Waals surface area contributed by atoms with Crippen LogP contribution < -0.4 is 19.5 Å². The number of hydrogen-bond donors (Lipinski definition) is 1. The normalized spacial score (nSPS) is 10.4. The highest BCUT2D eigenvalue weighted by Crippen LogP contribution is 2.36. The quantitative estimate of drug-likeness (QED) is 0.470. The molecule has 0 unspecified atom stereocenters. The summed E-state index contributed by atoms with van der Waals surface area (Å²) in [5.41, 5.74) is 2.41. The molecule has 25 heavy (non-hydrogen) atoms. The van der Waals surface area contributed by atoms with Gasteiger partial charge in [-0.05, 0) is 64.3 Å². The van der Waals surface area contributed by atoms with Crippen LogP contribution in [-0.4, -0.2) is 27.4 Å². The monoisotopic (exact) mass is 405 g/mol. The van der Waals surface area contributed by atoms with Gasteiger partial charge < -0.3 is 19.5 Å². The number of rotatable bonds is 10. The molecule has 0 heterocycles. The molecule has 2 aromatic carbocycles. The van der Waals surface area contributed by atoms with Crippen LogP contribution >= 0.6 is 15.9 Å². The third-order valence-corrected chi connectivity index (χ3v) is 4.30. The molecule has 4 nitrogen and oxygen atoms in total. The Morgan fingerprint density at radius 3 is 2.48 bits per heavy atom. The van der Waals surface area contributed by atoms with E-state index in [0.29, 0.717) is 18.1 Å². The molecular formula is C20H24BrNO3. The van der Waals surface area contributed by atoms with Crippen LogP contribution in [0.25, 0.3) is 0 Å². The third kappa shape index (κ3) is 5.80. The van der Waals surface area contributed by atoms with E-state index >= 15 is 0 Å². The van der Waals surface area contributed by atoms with Gasteiger partial charge in [0.05, 0.1) is 18.7 Å². The maximum Gasteiger partial charge on any atom is 0.175 e. The van der Waals surface area contributed by atoms with Gasteiger partial charge >= 0.3 is 0 Å². The van der Waals surface area contributed by atoms with E-state index in [1.54, 1.807) is 20.3 Å². The van der Waals surface area contributed by atoms with Crippen molar-refractivity contribution in [3.63, 3.8) is 0 Å². The van der Waals surface area contributed by atoms with E-state index in [1.165, 1.54) is 5.56 Å². The van der Waals surface area contributed by atoms with E-state index in [-0.39, 0.29) is 0 Å². The Morgan fingerprint density at radius 2 is 1.84 bits per heavy atom. The van der Waals surface area contributed by atoms with E-state index in [4.69, 9.17) is 14.2 Å². The summed E-state index contributed by atoms with van der Waals surface area (Å²) in [4.78, 5) is 0. The van der Waals surface area contributed by atoms with Crippen LogP contribution in [0.2, 0.25) is 0 Å². The summed E-state index contributed by atoms with van der Waals surface area (Å²) < 4.78 is 17.1. The lowest BCUT2D eigenvalue weighted by Crippen LogP contribution is -2.16. The van der Waals surface area contributed by atoms with Crippen LogP contribution in [-0.2, 0) is 13.0 Å². The van der Waals surface area contributed by atoms with Gasteiger partial charge in [0.2, 0.25) is 0 Å². The van der Waals surface area contributed by atoms with E-state index < -0.39 is 0 Å². The number of nitrogens with one attached hydrogen (secondary N) is 1. The minimum atomic E-state index is 0.439. The molecule has 0 fully saturated rings. The van der Waals surface area contributed by atoms with Gasteiger partial charge in [0.25, 0.3) is 0 Å². The van der Waals surface area contributed by atoms with Gasteiger partial charge in [0, 0.05) is 6.54 Å². The Morgan fingerprint density at radius 1 is 1.08 bits per heavy atom. The topological polar surface area (TPSA) is 39.7 Å². The van der Waals surface area contributed by atoms with Gasteiger partial charge in [0.15, 0.2) is 11.5 Å². The summed E-state index contributed by atoms with van der Waals surface area (Å²) in [7, 11) is 3.32. The lowest BCUT2D eigenvalue weighted by Gasteiger charge is -2.14. The summed E-state index contributed by atoms with van der Waals surface area (Å²) in [6.07, 6.45) is 2.67. The zero-order chi connectivity index (χ0) is 18.1. The first kappa shape index (κ1) is 19.3. The van der Waals surface area contributed by atoms with Crippen molar-refractivity contribution in [2.75, 3.05) is 27.4 Å². The highest BCUT2D eigenvalue weighted by Gasteiger charge is 2.11. The number of ether oxygens (including phenoxy) is 3. The largest absolute Gasteiger partial charge is 0.497 e. The lowest BCUT2D eigenvalue weighted by molar-refractivity contribution is 0.324. The second-order valence-electron chi connectivity index (χ2n) is 5.48. The Labute approximate surface area is 157 Å². The molecule has 2 aromatic rings. The van der Waals surface area contributed by atoms with Gasteiger partial charge in [-0.15, -0.1) is 0 Å². The predicted molar refractivity (Wildman–Crippen MR) is 105 cm³/mol. The van der Waals surface area contributed by atoms with Gasteiger partial charge in [-0.1, -0.05) is 24.8 Å². The van der Waals surface area contributed by atoms with Crippen molar-refractivity contribution < 1.29 is 14.2 Å². The third-order valence-electron chi connectivity index (χ3n) is 3.71. The average Bonchev–Trinajstić information content (AvgIpc) is 2.64. The fraction of sp³-hybridized carbons (Fsp3) is 0.300. The van der Waals surface area contributed by atoms with E-state index in [2.05, 4.69) is 40.0 Å². The summed E-state index contributed by atoms with van der Waals surface area (Å²) in [5.74, 6) is 2.29. The minimum absolute atomic E-state index is 0.439. The standard InChI is InChI=1S/C20H24BrNO3/c1-4-11-25-20-18(21)12-16(13-19(20)24-3)14-22-10-9-15-5-7-17(23-2)8-6-15/h4-8,12-13,22H,1,9-11,14H2,2-3H3. The van der Waals surface area contributed by atoms with Crippen LogP contribution in [0.5, 0.6) is 17.2 Å². The van der Waals surface area contributed by atoms with Crippen molar-refractivity contribution in [1.82, 2.24) is 5.32 Å². The van der Waals surface area contributed by atoms with E-state index in [0.717, 1.165) is 35.3 Å². The van der Waals surface area contributed by atoms with Crippen LogP contribution in [0.4, 0.5) is 0 Å². The van der Waals surface area contributed by atoms with Gasteiger partial charge in [0.1, 0.15) is 12.4 Å². The van der Waals surface area contributed by atoms with Crippen LogP contribution in [0.3, 0.4) is 0 Å². The molecule has 0 spiro atoms. The first-order chi connectivity index (χ1) is 12.2. The van der Waals surface area contributed by atoms with Crippen LogP contribution in [0.1, 0.15) is 11.1 Å².